The Bertz CT molecular complexity index is 1080. The summed E-state index contributed by atoms with van der Waals surface area (Å²) in [5.74, 6) is 0.658. The number of rotatable bonds is 8. The van der Waals surface area contributed by atoms with Crippen LogP contribution in [0, 0.1) is 12.8 Å². The van der Waals surface area contributed by atoms with Gasteiger partial charge in [0.15, 0.2) is 0 Å². The van der Waals surface area contributed by atoms with E-state index in [1.807, 2.05) is 53.0 Å². The molecule has 3 aromatic rings. The molecule has 2 heterocycles. The Morgan fingerprint density at radius 3 is 2.35 bits per heavy atom. The van der Waals surface area contributed by atoms with Crippen molar-refractivity contribution in [2.24, 2.45) is 13.0 Å². The van der Waals surface area contributed by atoms with Gasteiger partial charge in [-0.15, -0.1) is 0 Å². The van der Waals surface area contributed by atoms with Crippen LogP contribution in [0.5, 0.6) is 0 Å². The number of benzene rings is 2. The number of carbonyl (C=O) groups excluding carboxylic acids is 1. The second-order valence-corrected chi connectivity index (χ2v) is 9.49. The van der Waals surface area contributed by atoms with Crippen LogP contribution in [0.1, 0.15) is 35.2 Å². The lowest BCUT2D eigenvalue weighted by Gasteiger charge is -2.40. The molecular formula is C29H36N4O. The monoisotopic (exact) mass is 456 g/mol. The molecule has 0 N–H and O–H groups in total. The summed E-state index contributed by atoms with van der Waals surface area (Å²) in [7, 11) is 4.22. The first kappa shape index (κ1) is 24.0. The van der Waals surface area contributed by atoms with Crippen molar-refractivity contribution >= 4 is 12.0 Å². The predicted octanol–water partition coefficient (Wildman–Crippen LogP) is 4.72. The Kier molecular flexibility index (Phi) is 7.96. The second kappa shape index (κ2) is 11.3. The lowest BCUT2D eigenvalue weighted by atomic mass is 9.84. The molecule has 0 saturated carbocycles. The molecule has 0 radical (unpaired) electrons. The Labute approximate surface area is 203 Å². The molecule has 0 bridgehead atoms. The van der Waals surface area contributed by atoms with Crippen LogP contribution in [-0.2, 0) is 24.8 Å². The van der Waals surface area contributed by atoms with E-state index in [9.17, 15) is 4.79 Å². The van der Waals surface area contributed by atoms with Gasteiger partial charge in [-0.2, -0.15) is 5.10 Å². The van der Waals surface area contributed by atoms with E-state index in [0.717, 1.165) is 50.2 Å². The Hall–Kier alpha value is -3.18. The smallest absolute Gasteiger partial charge is 0.246 e. The number of likely N-dealkylation sites (N-methyl/N-ethyl adjacent to an activating group) is 1. The first-order valence-corrected chi connectivity index (χ1v) is 12.2. The molecule has 2 aromatic carbocycles. The van der Waals surface area contributed by atoms with Gasteiger partial charge in [-0.05, 0) is 56.4 Å². The summed E-state index contributed by atoms with van der Waals surface area (Å²) in [6.45, 7) is 4.60. The van der Waals surface area contributed by atoms with Crippen LogP contribution in [0.4, 0.5) is 0 Å². The maximum Gasteiger partial charge on any atom is 0.246 e. The maximum absolute atomic E-state index is 12.8. The van der Waals surface area contributed by atoms with Gasteiger partial charge in [-0.1, -0.05) is 60.7 Å². The van der Waals surface area contributed by atoms with Crippen molar-refractivity contribution in [3.8, 4) is 0 Å². The van der Waals surface area contributed by atoms with Crippen molar-refractivity contribution in [2.75, 3.05) is 20.1 Å². The fraction of sp³-hybridized carbons (Fsp3) is 0.379. The fourth-order valence-electron chi connectivity index (χ4n) is 5.07. The maximum atomic E-state index is 12.8. The summed E-state index contributed by atoms with van der Waals surface area (Å²) in [6.07, 6.45) is 8.83. The highest BCUT2D eigenvalue weighted by Gasteiger charge is 2.30. The summed E-state index contributed by atoms with van der Waals surface area (Å²) < 4.78 is 1.90. The molecule has 0 aliphatic carbocycles. The molecule has 1 aliphatic heterocycles. The van der Waals surface area contributed by atoms with Gasteiger partial charge in [-0.25, -0.2) is 0 Å². The van der Waals surface area contributed by atoms with Crippen LogP contribution in [0.15, 0.2) is 72.9 Å². The Morgan fingerprint density at radius 2 is 1.74 bits per heavy atom. The van der Waals surface area contributed by atoms with E-state index in [0.29, 0.717) is 12.0 Å². The van der Waals surface area contributed by atoms with Gasteiger partial charge >= 0.3 is 0 Å². The minimum Gasteiger partial charge on any atom is -0.339 e. The largest absolute Gasteiger partial charge is 0.339 e. The number of carbonyl (C=O) groups is 1. The third-order valence-electron chi connectivity index (χ3n) is 7.00. The molecule has 5 nitrogen and oxygen atoms in total. The topological polar surface area (TPSA) is 41.4 Å². The van der Waals surface area contributed by atoms with Crippen molar-refractivity contribution in [1.82, 2.24) is 19.6 Å². The molecule has 1 unspecified atom stereocenters. The SMILES string of the molecule is Cc1nn(C)cc1CN(C)C(Cc1ccccc1)C1CCN(C(=O)/C=C/c2ccccc2)CC1. The number of hydrogen-bond donors (Lipinski definition) is 0. The number of amides is 1. The van der Waals surface area contributed by atoms with Gasteiger partial charge in [0.1, 0.15) is 0 Å². The van der Waals surface area contributed by atoms with Crippen molar-refractivity contribution < 1.29 is 4.79 Å². The van der Waals surface area contributed by atoms with Gasteiger partial charge in [0.25, 0.3) is 0 Å². The van der Waals surface area contributed by atoms with Gasteiger partial charge in [0, 0.05) is 50.6 Å². The summed E-state index contributed by atoms with van der Waals surface area (Å²) in [5, 5.41) is 4.53. The van der Waals surface area contributed by atoms with Crippen LogP contribution < -0.4 is 0 Å². The molecule has 178 valence electrons. The third-order valence-corrected chi connectivity index (χ3v) is 7.00. The number of nitrogens with zero attached hydrogens (tertiary/aromatic N) is 4. The van der Waals surface area contributed by atoms with Gasteiger partial charge < -0.3 is 4.90 Å². The van der Waals surface area contributed by atoms with E-state index in [2.05, 4.69) is 60.5 Å². The predicted molar refractivity (Wildman–Crippen MR) is 138 cm³/mol. The molecule has 0 spiro atoms. The zero-order valence-corrected chi connectivity index (χ0v) is 20.6. The molecular weight excluding hydrogens is 420 g/mol. The highest BCUT2D eigenvalue weighted by atomic mass is 16.2. The highest BCUT2D eigenvalue weighted by Crippen LogP contribution is 2.28. The zero-order chi connectivity index (χ0) is 23.9. The highest BCUT2D eigenvalue weighted by molar-refractivity contribution is 5.91. The third kappa shape index (κ3) is 6.23. The fourth-order valence-corrected chi connectivity index (χ4v) is 5.07. The standard InChI is InChI=1S/C29H36N4O/c1-23-27(22-32(3)30-23)21-31(2)28(20-25-12-8-5-9-13-25)26-16-18-33(19-17-26)29(34)15-14-24-10-6-4-7-11-24/h4-15,22,26,28H,16-21H2,1-3H3/b15-14+. The van der Waals surface area contributed by atoms with Crippen molar-refractivity contribution in [1.29, 1.82) is 0 Å². The lowest BCUT2D eigenvalue weighted by molar-refractivity contribution is -0.127. The van der Waals surface area contributed by atoms with E-state index in [-0.39, 0.29) is 5.91 Å². The molecule has 1 saturated heterocycles. The number of aryl methyl sites for hydroxylation is 2. The van der Waals surface area contributed by atoms with E-state index in [1.54, 1.807) is 6.08 Å². The first-order chi connectivity index (χ1) is 16.5. The normalized spacial score (nSPS) is 15.8. The van der Waals surface area contributed by atoms with Crippen molar-refractivity contribution in [3.05, 3.63) is 95.3 Å². The molecule has 1 atom stereocenters. The minimum atomic E-state index is 0.112. The lowest BCUT2D eigenvalue weighted by Crippen LogP contribution is -2.46. The van der Waals surface area contributed by atoms with Gasteiger partial charge in [-0.3, -0.25) is 14.4 Å². The molecule has 34 heavy (non-hydrogen) atoms. The van der Waals surface area contributed by atoms with Gasteiger partial charge in [0.05, 0.1) is 5.69 Å². The number of hydrogen-bond acceptors (Lipinski definition) is 3. The van der Waals surface area contributed by atoms with E-state index < -0.39 is 0 Å². The molecule has 1 aliphatic rings. The average Bonchev–Trinajstić information content (AvgIpc) is 3.18. The molecule has 1 amide bonds. The first-order valence-electron chi connectivity index (χ1n) is 12.2. The molecule has 1 aromatic heterocycles. The van der Waals surface area contributed by atoms with E-state index >= 15 is 0 Å². The Morgan fingerprint density at radius 1 is 1.09 bits per heavy atom. The van der Waals surface area contributed by atoms with E-state index in [4.69, 9.17) is 0 Å². The quantitative estimate of drug-likeness (QED) is 0.461. The van der Waals surface area contributed by atoms with Crippen molar-refractivity contribution in [2.45, 2.75) is 38.8 Å². The summed E-state index contributed by atoms with van der Waals surface area (Å²) in [6, 6.07) is 21.2. The summed E-state index contributed by atoms with van der Waals surface area (Å²) in [5.41, 5.74) is 4.80. The van der Waals surface area contributed by atoms with Crippen LogP contribution in [-0.4, -0.2) is 51.7 Å². The summed E-state index contributed by atoms with van der Waals surface area (Å²) >= 11 is 0. The van der Waals surface area contributed by atoms with Crippen LogP contribution in [0.2, 0.25) is 0 Å². The average molecular weight is 457 g/mol. The Balaban J connectivity index is 1.41. The molecule has 1 fully saturated rings. The van der Waals surface area contributed by atoms with E-state index in [1.165, 1.54) is 11.1 Å². The van der Waals surface area contributed by atoms with Crippen molar-refractivity contribution in [3.63, 3.8) is 0 Å². The number of likely N-dealkylation sites (tertiary alicyclic amines) is 1. The van der Waals surface area contributed by atoms with Crippen LogP contribution in [0.3, 0.4) is 0 Å². The number of piperidine rings is 1. The van der Waals surface area contributed by atoms with Crippen LogP contribution in [0.25, 0.3) is 6.08 Å². The van der Waals surface area contributed by atoms with Gasteiger partial charge in [0.2, 0.25) is 5.91 Å². The molecule has 5 heteroatoms. The second-order valence-electron chi connectivity index (χ2n) is 9.49. The number of aromatic nitrogens is 2. The van der Waals surface area contributed by atoms with Crippen LogP contribution >= 0.6 is 0 Å². The summed E-state index contributed by atoms with van der Waals surface area (Å²) in [4.78, 5) is 17.3. The molecule has 4 rings (SSSR count). The zero-order valence-electron chi connectivity index (χ0n) is 20.6. The minimum absolute atomic E-state index is 0.112.